The second-order valence-corrected chi connectivity index (χ2v) is 10.0. The van der Waals surface area contributed by atoms with Crippen LogP contribution in [0.1, 0.15) is 15.9 Å². The average molecular weight is 470 g/mol. The first-order valence-corrected chi connectivity index (χ1v) is 12.1. The Labute approximate surface area is 193 Å². The van der Waals surface area contributed by atoms with Crippen LogP contribution in [-0.2, 0) is 10.0 Å². The summed E-state index contributed by atoms with van der Waals surface area (Å²) in [6.45, 7) is 3.50. The highest BCUT2D eigenvalue weighted by molar-refractivity contribution is 7.89. The van der Waals surface area contributed by atoms with E-state index in [9.17, 15) is 13.2 Å². The molecule has 0 radical (unpaired) electrons. The molecule has 0 bridgehead atoms. The van der Waals surface area contributed by atoms with E-state index in [2.05, 4.69) is 5.32 Å². The molecule has 3 aromatic carbocycles. The minimum Gasteiger partial charge on any atom is -0.366 e. The Bertz CT molecular complexity index is 1210. The van der Waals surface area contributed by atoms with Crippen molar-refractivity contribution in [3.63, 3.8) is 0 Å². The number of carbonyl (C=O) groups is 1. The lowest BCUT2D eigenvalue weighted by atomic mass is 10.2. The summed E-state index contributed by atoms with van der Waals surface area (Å²) in [6.07, 6.45) is 0. The number of benzene rings is 3. The highest BCUT2D eigenvalue weighted by Crippen LogP contribution is 2.35. The van der Waals surface area contributed by atoms with Gasteiger partial charge in [0.2, 0.25) is 10.0 Å². The molecule has 3 aromatic rings. The number of hydrogen-bond acceptors (Lipinski definition) is 4. The predicted molar refractivity (Wildman–Crippen MR) is 128 cm³/mol. The first-order chi connectivity index (χ1) is 15.4. The van der Waals surface area contributed by atoms with Crippen molar-refractivity contribution >= 4 is 38.9 Å². The van der Waals surface area contributed by atoms with E-state index in [1.807, 2.05) is 30.0 Å². The maximum absolute atomic E-state index is 13.0. The summed E-state index contributed by atoms with van der Waals surface area (Å²) in [5, 5.41) is 3.45. The van der Waals surface area contributed by atoms with Crippen LogP contribution in [0.2, 0.25) is 5.02 Å². The van der Waals surface area contributed by atoms with Crippen LogP contribution < -0.4 is 10.2 Å². The predicted octanol–water partition coefficient (Wildman–Crippen LogP) is 4.41. The van der Waals surface area contributed by atoms with Gasteiger partial charge in [-0.3, -0.25) is 4.79 Å². The Hall–Kier alpha value is -2.87. The molecule has 1 aliphatic rings. The quantitative estimate of drug-likeness (QED) is 0.600. The molecule has 0 aliphatic carbocycles. The van der Waals surface area contributed by atoms with Gasteiger partial charge in [-0.15, -0.1) is 0 Å². The number of para-hydroxylation sites is 1. The molecule has 1 heterocycles. The van der Waals surface area contributed by atoms with Gasteiger partial charge in [-0.2, -0.15) is 4.31 Å². The number of sulfonamides is 1. The van der Waals surface area contributed by atoms with Gasteiger partial charge in [-0.1, -0.05) is 53.6 Å². The molecule has 0 spiro atoms. The van der Waals surface area contributed by atoms with Crippen LogP contribution in [0.25, 0.3) is 0 Å². The largest absolute Gasteiger partial charge is 0.366 e. The minimum atomic E-state index is -3.56. The molecule has 1 N–H and O–H groups in total. The van der Waals surface area contributed by atoms with E-state index in [4.69, 9.17) is 11.6 Å². The fourth-order valence-corrected chi connectivity index (χ4v) is 5.45. The number of amides is 1. The van der Waals surface area contributed by atoms with Crippen molar-refractivity contribution in [2.24, 2.45) is 0 Å². The number of rotatable bonds is 5. The van der Waals surface area contributed by atoms with E-state index >= 15 is 0 Å². The summed E-state index contributed by atoms with van der Waals surface area (Å²) in [5.74, 6) is -0.227. The monoisotopic (exact) mass is 469 g/mol. The third-order valence-corrected chi connectivity index (χ3v) is 7.70. The van der Waals surface area contributed by atoms with Crippen molar-refractivity contribution in [1.29, 1.82) is 0 Å². The first-order valence-electron chi connectivity index (χ1n) is 10.3. The van der Waals surface area contributed by atoms with E-state index in [0.29, 0.717) is 53.0 Å². The van der Waals surface area contributed by atoms with E-state index in [1.54, 1.807) is 54.6 Å². The summed E-state index contributed by atoms with van der Waals surface area (Å²) < 4.78 is 27.5. The standard InChI is InChI=1S/C24H24ClN3O3S/c1-18-10-12-20(13-11-18)32(30,31)28-16-14-27(15-17-28)23-21(25)8-5-9-22(23)26-24(29)19-6-3-2-4-7-19/h2-13H,14-17H2,1H3,(H,26,29). The van der Waals surface area contributed by atoms with Gasteiger partial charge in [0, 0.05) is 31.7 Å². The van der Waals surface area contributed by atoms with Crippen molar-refractivity contribution in [2.45, 2.75) is 11.8 Å². The lowest BCUT2D eigenvalue weighted by molar-refractivity contribution is 0.102. The van der Waals surface area contributed by atoms with Gasteiger partial charge in [0.25, 0.3) is 5.91 Å². The van der Waals surface area contributed by atoms with Gasteiger partial charge in [0.15, 0.2) is 0 Å². The van der Waals surface area contributed by atoms with Crippen LogP contribution in [0.15, 0.2) is 77.7 Å². The van der Waals surface area contributed by atoms with Gasteiger partial charge in [0.1, 0.15) is 0 Å². The van der Waals surface area contributed by atoms with E-state index in [1.165, 1.54) is 4.31 Å². The highest BCUT2D eigenvalue weighted by atomic mass is 35.5. The summed E-state index contributed by atoms with van der Waals surface area (Å²) in [5.41, 5.74) is 2.86. The third-order valence-electron chi connectivity index (χ3n) is 5.48. The average Bonchev–Trinajstić information content (AvgIpc) is 2.80. The number of nitrogens with one attached hydrogen (secondary N) is 1. The number of aryl methyl sites for hydroxylation is 1. The zero-order chi connectivity index (χ0) is 22.7. The fourth-order valence-electron chi connectivity index (χ4n) is 3.73. The van der Waals surface area contributed by atoms with Crippen LogP contribution in [0.3, 0.4) is 0 Å². The van der Waals surface area contributed by atoms with Crippen molar-refractivity contribution in [1.82, 2.24) is 4.31 Å². The lowest BCUT2D eigenvalue weighted by Crippen LogP contribution is -2.49. The summed E-state index contributed by atoms with van der Waals surface area (Å²) >= 11 is 6.50. The Morgan fingerprint density at radius 1 is 0.875 bits per heavy atom. The Kier molecular flexibility index (Phi) is 6.50. The molecule has 166 valence electrons. The van der Waals surface area contributed by atoms with Crippen LogP contribution >= 0.6 is 11.6 Å². The Balaban J connectivity index is 1.51. The first kappa shape index (κ1) is 22.3. The van der Waals surface area contributed by atoms with E-state index in [0.717, 1.165) is 5.56 Å². The molecular weight excluding hydrogens is 446 g/mol. The number of piperazine rings is 1. The zero-order valence-corrected chi connectivity index (χ0v) is 19.2. The summed E-state index contributed by atoms with van der Waals surface area (Å²) in [4.78, 5) is 15.0. The van der Waals surface area contributed by atoms with Crippen molar-refractivity contribution in [3.8, 4) is 0 Å². The molecule has 1 aliphatic heterocycles. The number of halogens is 1. The topological polar surface area (TPSA) is 69.7 Å². The van der Waals surface area contributed by atoms with Gasteiger partial charge < -0.3 is 10.2 Å². The van der Waals surface area contributed by atoms with Gasteiger partial charge in [0.05, 0.1) is 21.3 Å². The third kappa shape index (κ3) is 4.65. The van der Waals surface area contributed by atoms with Crippen molar-refractivity contribution in [2.75, 3.05) is 36.4 Å². The Morgan fingerprint density at radius 3 is 2.19 bits per heavy atom. The fraction of sp³-hybridized carbons (Fsp3) is 0.208. The molecule has 1 saturated heterocycles. The second-order valence-electron chi connectivity index (χ2n) is 7.66. The van der Waals surface area contributed by atoms with Crippen LogP contribution in [-0.4, -0.2) is 44.8 Å². The lowest BCUT2D eigenvalue weighted by Gasteiger charge is -2.36. The number of nitrogens with zero attached hydrogens (tertiary/aromatic N) is 2. The summed E-state index contributed by atoms with van der Waals surface area (Å²) in [6, 6.07) is 21.2. The smallest absolute Gasteiger partial charge is 0.255 e. The molecule has 0 saturated carbocycles. The highest BCUT2D eigenvalue weighted by Gasteiger charge is 2.30. The van der Waals surface area contributed by atoms with Crippen LogP contribution in [0.4, 0.5) is 11.4 Å². The number of anilines is 2. The molecule has 0 atom stereocenters. The van der Waals surface area contributed by atoms with Gasteiger partial charge in [-0.25, -0.2) is 8.42 Å². The molecule has 1 amide bonds. The maximum Gasteiger partial charge on any atom is 0.255 e. The molecule has 0 aromatic heterocycles. The van der Waals surface area contributed by atoms with Gasteiger partial charge in [-0.05, 0) is 43.3 Å². The maximum atomic E-state index is 13.0. The molecule has 32 heavy (non-hydrogen) atoms. The second kappa shape index (κ2) is 9.32. The summed E-state index contributed by atoms with van der Waals surface area (Å²) in [7, 11) is -3.56. The van der Waals surface area contributed by atoms with Crippen molar-refractivity contribution < 1.29 is 13.2 Å². The molecule has 0 unspecified atom stereocenters. The van der Waals surface area contributed by atoms with Crippen LogP contribution in [0.5, 0.6) is 0 Å². The molecule has 6 nitrogen and oxygen atoms in total. The molecule has 4 rings (SSSR count). The number of hydrogen-bond donors (Lipinski definition) is 1. The minimum absolute atomic E-state index is 0.227. The zero-order valence-electron chi connectivity index (χ0n) is 17.7. The normalized spacial score (nSPS) is 14.9. The van der Waals surface area contributed by atoms with E-state index in [-0.39, 0.29) is 5.91 Å². The number of carbonyl (C=O) groups excluding carboxylic acids is 1. The van der Waals surface area contributed by atoms with Gasteiger partial charge >= 0.3 is 0 Å². The van der Waals surface area contributed by atoms with Crippen molar-refractivity contribution in [3.05, 3.63) is 88.9 Å². The molecular formula is C24H24ClN3O3S. The Morgan fingerprint density at radius 2 is 1.53 bits per heavy atom. The SMILES string of the molecule is Cc1ccc(S(=O)(=O)N2CCN(c3c(Cl)cccc3NC(=O)c3ccccc3)CC2)cc1. The molecule has 8 heteroatoms. The van der Waals surface area contributed by atoms with Crippen LogP contribution in [0, 0.1) is 6.92 Å². The van der Waals surface area contributed by atoms with E-state index < -0.39 is 10.0 Å². The molecule has 1 fully saturated rings.